The van der Waals surface area contributed by atoms with E-state index in [0.29, 0.717) is 0 Å². The van der Waals surface area contributed by atoms with Gasteiger partial charge < -0.3 is 10.1 Å². The Morgan fingerprint density at radius 3 is 3.11 bits per heavy atom. The van der Waals surface area contributed by atoms with Crippen LogP contribution < -0.4 is 5.32 Å². The van der Waals surface area contributed by atoms with Gasteiger partial charge in [-0.3, -0.25) is 0 Å². The Hall–Kier alpha value is -2.13. The average molecular weight is 257 g/mol. The minimum absolute atomic E-state index is 0.0910. The molecular weight excluding hydrogens is 242 g/mol. The molecule has 0 aliphatic carbocycles. The SMILES string of the molecule is CNc1ncnn2c([C@H]3CC[C@](C)(C#N)O3)ccc12. The molecule has 0 aromatic carbocycles. The van der Waals surface area contributed by atoms with Crippen molar-refractivity contribution in [1.82, 2.24) is 14.6 Å². The molecule has 1 saturated heterocycles. The van der Waals surface area contributed by atoms with Gasteiger partial charge in [0.25, 0.3) is 0 Å². The van der Waals surface area contributed by atoms with Crippen molar-refractivity contribution in [2.45, 2.75) is 31.5 Å². The van der Waals surface area contributed by atoms with Crippen LogP contribution in [0.5, 0.6) is 0 Å². The van der Waals surface area contributed by atoms with E-state index in [-0.39, 0.29) is 6.10 Å². The van der Waals surface area contributed by atoms with Crippen molar-refractivity contribution in [1.29, 1.82) is 5.26 Å². The van der Waals surface area contributed by atoms with E-state index in [4.69, 9.17) is 10.00 Å². The molecule has 1 N–H and O–H groups in total. The first-order valence-electron chi connectivity index (χ1n) is 6.26. The van der Waals surface area contributed by atoms with E-state index in [2.05, 4.69) is 21.5 Å². The molecule has 1 fully saturated rings. The second-order valence-electron chi connectivity index (χ2n) is 4.90. The van der Waals surface area contributed by atoms with Crippen molar-refractivity contribution in [3.63, 3.8) is 0 Å². The largest absolute Gasteiger partial charge is 0.371 e. The summed E-state index contributed by atoms with van der Waals surface area (Å²) in [6.07, 6.45) is 2.99. The normalized spacial score (nSPS) is 26.5. The van der Waals surface area contributed by atoms with Crippen molar-refractivity contribution in [2.24, 2.45) is 0 Å². The van der Waals surface area contributed by atoms with Gasteiger partial charge in [0.15, 0.2) is 11.4 Å². The summed E-state index contributed by atoms with van der Waals surface area (Å²) in [7, 11) is 1.83. The quantitative estimate of drug-likeness (QED) is 0.889. The molecule has 2 atom stereocenters. The van der Waals surface area contributed by atoms with Crippen LogP contribution in [0.25, 0.3) is 5.52 Å². The van der Waals surface area contributed by atoms with Gasteiger partial charge in [0.1, 0.15) is 17.9 Å². The van der Waals surface area contributed by atoms with Gasteiger partial charge in [-0.1, -0.05) is 0 Å². The molecule has 0 radical (unpaired) electrons. The van der Waals surface area contributed by atoms with Gasteiger partial charge in [0.2, 0.25) is 0 Å². The van der Waals surface area contributed by atoms with Gasteiger partial charge in [0, 0.05) is 7.05 Å². The predicted octanol–water partition coefficient (Wildman–Crippen LogP) is 1.90. The maximum atomic E-state index is 9.12. The minimum Gasteiger partial charge on any atom is -0.371 e. The molecule has 0 bridgehead atoms. The first kappa shape index (κ1) is 11.9. The van der Waals surface area contributed by atoms with Gasteiger partial charge in [-0.05, 0) is 31.9 Å². The number of rotatable bonds is 2. The molecule has 3 rings (SSSR count). The molecule has 6 nitrogen and oxygen atoms in total. The third kappa shape index (κ3) is 1.83. The molecule has 2 aromatic heterocycles. The molecule has 98 valence electrons. The lowest BCUT2D eigenvalue weighted by molar-refractivity contribution is 0.00626. The summed E-state index contributed by atoms with van der Waals surface area (Å²) in [5, 5.41) is 16.4. The Balaban J connectivity index is 2.02. The summed E-state index contributed by atoms with van der Waals surface area (Å²) >= 11 is 0. The Kier molecular flexibility index (Phi) is 2.64. The second-order valence-corrected chi connectivity index (χ2v) is 4.90. The van der Waals surface area contributed by atoms with Crippen LogP contribution in [0.2, 0.25) is 0 Å². The number of anilines is 1. The molecule has 2 aromatic rings. The topological polar surface area (TPSA) is 75.2 Å². The standard InChI is InChI=1S/C13H15N5O/c1-13(7-14)6-5-11(19-13)9-3-4-10-12(15-2)16-8-17-18(9)10/h3-4,8,11H,5-6H2,1-2H3,(H,15,16,17)/t11-,13-/m1/s1. The maximum Gasteiger partial charge on any atom is 0.153 e. The summed E-state index contributed by atoms with van der Waals surface area (Å²) in [6.45, 7) is 1.83. The Morgan fingerprint density at radius 1 is 1.58 bits per heavy atom. The first-order valence-corrected chi connectivity index (χ1v) is 6.26. The van der Waals surface area contributed by atoms with E-state index in [1.165, 1.54) is 6.33 Å². The van der Waals surface area contributed by atoms with Crippen molar-refractivity contribution in [3.8, 4) is 6.07 Å². The van der Waals surface area contributed by atoms with Gasteiger partial charge in [0.05, 0.1) is 11.8 Å². The van der Waals surface area contributed by atoms with Crippen LogP contribution in [0.1, 0.15) is 31.6 Å². The Bertz CT molecular complexity index is 659. The molecule has 3 heterocycles. The molecule has 0 unspecified atom stereocenters. The van der Waals surface area contributed by atoms with E-state index < -0.39 is 5.60 Å². The van der Waals surface area contributed by atoms with Crippen molar-refractivity contribution < 1.29 is 4.74 Å². The number of nitriles is 1. The lowest BCUT2D eigenvalue weighted by Gasteiger charge is -2.16. The van der Waals surface area contributed by atoms with Crippen LogP contribution in [0.4, 0.5) is 5.82 Å². The lowest BCUT2D eigenvalue weighted by atomic mass is 10.0. The van der Waals surface area contributed by atoms with Crippen LogP contribution in [-0.4, -0.2) is 27.2 Å². The van der Waals surface area contributed by atoms with Crippen LogP contribution in [-0.2, 0) is 4.74 Å². The molecule has 0 saturated carbocycles. The summed E-state index contributed by atoms with van der Waals surface area (Å²) in [5.41, 5.74) is 1.19. The molecule has 6 heteroatoms. The fourth-order valence-corrected chi connectivity index (χ4v) is 2.52. The third-order valence-corrected chi connectivity index (χ3v) is 3.57. The van der Waals surface area contributed by atoms with Gasteiger partial charge in [-0.15, -0.1) is 0 Å². The minimum atomic E-state index is -0.687. The number of nitrogens with zero attached hydrogens (tertiary/aromatic N) is 4. The van der Waals surface area contributed by atoms with Crippen LogP contribution in [0.15, 0.2) is 18.5 Å². The molecule has 0 amide bonds. The molecular formula is C13H15N5O. The van der Waals surface area contributed by atoms with E-state index >= 15 is 0 Å². The zero-order chi connectivity index (χ0) is 13.5. The van der Waals surface area contributed by atoms with Crippen LogP contribution in [0, 0.1) is 11.3 Å². The highest BCUT2D eigenvalue weighted by atomic mass is 16.5. The highest BCUT2D eigenvalue weighted by Crippen LogP contribution is 2.39. The summed E-state index contributed by atoms with van der Waals surface area (Å²) in [4.78, 5) is 4.17. The third-order valence-electron chi connectivity index (χ3n) is 3.57. The second kappa shape index (κ2) is 4.21. The molecule has 0 spiro atoms. The molecule has 1 aliphatic heterocycles. The summed E-state index contributed by atoms with van der Waals surface area (Å²) in [5.74, 6) is 0.780. The van der Waals surface area contributed by atoms with Crippen molar-refractivity contribution in [2.75, 3.05) is 12.4 Å². The number of ether oxygens (including phenoxy) is 1. The fourth-order valence-electron chi connectivity index (χ4n) is 2.52. The van der Waals surface area contributed by atoms with Crippen LogP contribution in [0.3, 0.4) is 0 Å². The smallest absolute Gasteiger partial charge is 0.153 e. The van der Waals surface area contributed by atoms with Gasteiger partial charge in [-0.25, -0.2) is 9.50 Å². The maximum absolute atomic E-state index is 9.12. The van der Waals surface area contributed by atoms with E-state index in [1.807, 2.05) is 30.6 Å². The zero-order valence-electron chi connectivity index (χ0n) is 10.9. The highest BCUT2D eigenvalue weighted by Gasteiger charge is 2.38. The predicted molar refractivity (Wildman–Crippen MR) is 69.6 cm³/mol. The van der Waals surface area contributed by atoms with E-state index in [1.54, 1.807) is 0 Å². The number of fused-ring (bicyclic) bond motifs is 1. The summed E-state index contributed by atoms with van der Waals surface area (Å²) in [6, 6.07) is 6.18. The molecule has 1 aliphatic rings. The average Bonchev–Trinajstić information content (AvgIpc) is 3.02. The number of hydrogen-bond donors (Lipinski definition) is 1. The van der Waals surface area contributed by atoms with Crippen molar-refractivity contribution >= 4 is 11.3 Å². The van der Waals surface area contributed by atoms with Gasteiger partial charge >= 0.3 is 0 Å². The van der Waals surface area contributed by atoms with E-state index in [0.717, 1.165) is 29.9 Å². The van der Waals surface area contributed by atoms with Crippen molar-refractivity contribution in [3.05, 3.63) is 24.2 Å². The summed E-state index contributed by atoms with van der Waals surface area (Å²) < 4.78 is 7.69. The zero-order valence-corrected chi connectivity index (χ0v) is 10.9. The number of aromatic nitrogens is 3. The Labute approximate surface area is 111 Å². The lowest BCUT2D eigenvalue weighted by Crippen LogP contribution is -2.20. The highest BCUT2D eigenvalue weighted by molar-refractivity contribution is 5.67. The Morgan fingerprint density at radius 2 is 2.42 bits per heavy atom. The van der Waals surface area contributed by atoms with Gasteiger partial charge in [-0.2, -0.15) is 10.4 Å². The fraction of sp³-hybridized carbons (Fsp3) is 0.462. The first-order chi connectivity index (χ1) is 9.17. The monoisotopic (exact) mass is 257 g/mol. The number of nitrogens with one attached hydrogen (secondary N) is 1. The van der Waals surface area contributed by atoms with E-state index in [9.17, 15) is 0 Å². The van der Waals surface area contributed by atoms with Crippen LogP contribution >= 0.6 is 0 Å². The number of hydrogen-bond acceptors (Lipinski definition) is 5. The molecule has 19 heavy (non-hydrogen) atoms.